The van der Waals surface area contributed by atoms with Crippen LogP contribution in [0.3, 0.4) is 0 Å². The predicted octanol–water partition coefficient (Wildman–Crippen LogP) is 6.04. The Morgan fingerprint density at radius 1 is 1.02 bits per heavy atom. The zero-order chi connectivity index (χ0) is 30.2. The van der Waals surface area contributed by atoms with E-state index in [1.165, 1.54) is 30.5 Å². The molecule has 42 heavy (non-hydrogen) atoms. The molecule has 3 unspecified atom stereocenters. The highest BCUT2D eigenvalue weighted by atomic mass is 35.5. The second kappa shape index (κ2) is 11.7. The van der Waals surface area contributed by atoms with Crippen LogP contribution in [-0.4, -0.2) is 36.5 Å². The molecule has 2 aliphatic carbocycles. The summed E-state index contributed by atoms with van der Waals surface area (Å²) in [5.41, 5.74) is -1.22. The van der Waals surface area contributed by atoms with Gasteiger partial charge in [0.05, 0.1) is 21.4 Å². The monoisotopic (exact) mass is 624 g/mol. The fourth-order valence-corrected chi connectivity index (χ4v) is 8.69. The van der Waals surface area contributed by atoms with Crippen LogP contribution < -0.4 is 5.32 Å². The van der Waals surface area contributed by atoms with Crippen molar-refractivity contribution in [2.75, 3.05) is 5.32 Å². The highest BCUT2D eigenvalue weighted by Crippen LogP contribution is 2.51. The zero-order valence-corrected chi connectivity index (χ0v) is 23.4. The number of halogens is 5. The van der Waals surface area contributed by atoms with Crippen molar-refractivity contribution in [1.29, 1.82) is 0 Å². The zero-order valence-electron chi connectivity index (χ0n) is 21.9. The van der Waals surface area contributed by atoms with Crippen molar-refractivity contribution in [1.82, 2.24) is 0 Å². The van der Waals surface area contributed by atoms with E-state index >= 15 is 0 Å². The van der Waals surface area contributed by atoms with Crippen LogP contribution in [0.2, 0.25) is 5.02 Å². The van der Waals surface area contributed by atoms with Crippen LogP contribution >= 0.6 is 11.6 Å². The molecule has 2 N–H and O–H groups in total. The van der Waals surface area contributed by atoms with Gasteiger partial charge in [-0.05, 0) is 73.4 Å². The van der Waals surface area contributed by atoms with Gasteiger partial charge in [-0.1, -0.05) is 28.9 Å². The van der Waals surface area contributed by atoms with Crippen molar-refractivity contribution < 1.29 is 40.7 Å². The molecule has 3 aromatic rings. The lowest BCUT2D eigenvalue weighted by molar-refractivity contribution is 0.0411. The van der Waals surface area contributed by atoms with Gasteiger partial charge in [-0.3, -0.25) is 4.79 Å². The molecule has 2 bridgehead atoms. The molecule has 1 amide bonds. The normalized spacial score (nSPS) is 23.7. The topological polar surface area (TPSA) is 105 Å². The molecule has 7 nitrogen and oxygen atoms in total. The number of amides is 1. The molecule has 0 aliphatic heterocycles. The van der Waals surface area contributed by atoms with Crippen molar-refractivity contribution in [2.24, 2.45) is 17.0 Å². The first kappa shape index (κ1) is 30.0. The van der Waals surface area contributed by atoms with Crippen molar-refractivity contribution in [3.8, 4) is 0 Å². The van der Waals surface area contributed by atoms with E-state index in [1.54, 1.807) is 12.1 Å². The molecule has 2 aliphatic rings. The van der Waals surface area contributed by atoms with E-state index in [9.17, 15) is 35.9 Å². The summed E-state index contributed by atoms with van der Waals surface area (Å²) in [7, 11) is -4.09. The lowest BCUT2D eigenvalue weighted by Gasteiger charge is -2.38. The van der Waals surface area contributed by atoms with Crippen LogP contribution in [0.5, 0.6) is 0 Å². The van der Waals surface area contributed by atoms with Crippen molar-refractivity contribution in [2.45, 2.75) is 48.0 Å². The van der Waals surface area contributed by atoms with E-state index in [-0.39, 0.29) is 46.4 Å². The number of oxime groups is 1. The Kier molecular flexibility index (Phi) is 8.32. The summed E-state index contributed by atoms with van der Waals surface area (Å²) in [6, 6.07) is 10.4. The number of carbonyl (C=O) groups excluding carboxylic acids is 1. The number of sulfone groups is 1. The third-order valence-electron chi connectivity index (χ3n) is 7.68. The molecule has 0 spiro atoms. The Hall–Kier alpha value is -3.48. The quantitative estimate of drug-likeness (QED) is 0.138. The van der Waals surface area contributed by atoms with Crippen LogP contribution in [0, 0.1) is 35.1 Å². The Morgan fingerprint density at radius 2 is 1.64 bits per heavy atom. The second-order valence-corrected chi connectivity index (χ2v) is 13.1. The maximum Gasteiger partial charge on any atom is 0.255 e. The van der Waals surface area contributed by atoms with E-state index in [0.29, 0.717) is 30.5 Å². The minimum absolute atomic E-state index is 0.0597. The van der Waals surface area contributed by atoms with Gasteiger partial charge >= 0.3 is 0 Å². The highest BCUT2D eigenvalue weighted by molar-refractivity contribution is 7.92. The Morgan fingerprint density at radius 3 is 2.26 bits per heavy atom. The molecule has 0 aromatic heterocycles. The van der Waals surface area contributed by atoms with E-state index in [2.05, 4.69) is 10.5 Å². The van der Waals surface area contributed by atoms with Crippen LogP contribution in [-0.2, 0) is 21.3 Å². The Balaban J connectivity index is 1.30. The Bertz CT molecular complexity index is 1620. The Labute approximate surface area is 244 Å². The molecule has 5 rings (SSSR count). The number of nitrogens with zero attached hydrogens (tertiary/aromatic N) is 1. The van der Waals surface area contributed by atoms with Crippen molar-refractivity contribution >= 4 is 39.2 Å². The molecule has 0 saturated heterocycles. The molecule has 13 heteroatoms. The van der Waals surface area contributed by atoms with Gasteiger partial charge in [-0.2, -0.15) is 0 Å². The fourth-order valence-electron chi connectivity index (χ4n) is 5.85. The van der Waals surface area contributed by atoms with Crippen molar-refractivity contribution in [3.63, 3.8) is 0 Å². The van der Waals surface area contributed by atoms with Crippen LogP contribution in [0.4, 0.5) is 23.2 Å². The first-order chi connectivity index (χ1) is 19.9. The number of aliphatic hydroxyl groups is 1. The lowest BCUT2D eigenvalue weighted by Crippen LogP contribution is -2.47. The van der Waals surface area contributed by atoms with Crippen LogP contribution in [0.1, 0.15) is 41.6 Å². The maximum absolute atomic E-state index is 13.9. The summed E-state index contributed by atoms with van der Waals surface area (Å²) >= 11 is 6.28. The van der Waals surface area contributed by atoms with E-state index in [4.69, 9.17) is 16.4 Å². The number of anilines is 1. The molecular formula is C29H25ClF4N2O5S. The van der Waals surface area contributed by atoms with E-state index < -0.39 is 55.9 Å². The highest BCUT2D eigenvalue weighted by Gasteiger charge is 2.54. The fraction of sp³-hybridized carbons (Fsp3) is 0.310. The molecule has 2 saturated carbocycles. The average Bonchev–Trinajstić information content (AvgIpc) is 3.24. The standard InChI is InChI=1S/C29H25ClF4N2O5S/c30-22-8-5-17(28(37)36-21-10-23(32)26(34)24(33)11-21)9-25(22)42(39,40)27-18-3-4-19(27)13-29(38,12-18)15-35-41-14-16-1-6-20(31)7-2-16/h1-2,5-11,15,18-19,27,38H,3-4,12-14H2,(H,36,37)/b35-15+/t18-,19?,27?,29?/m0/s1. The molecule has 0 radical (unpaired) electrons. The smallest absolute Gasteiger partial charge is 0.255 e. The first-order valence-corrected chi connectivity index (χ1v) is 14.9. The summed E-state index contributed by atoms with van der Waals surface area (Å²) in [5, 5.41) is 16.3. The predicted molar refractivity (Wildman–Crippen MR) is 147 cm³/mol. The second-order valence-electron chi connectivity index (χ2n) is 10.6. The summed E-state index contributed by atoms with van der Waals surface area (Å²) in [5.74, 6) is -6.81. The largest absolute Gasteiger partial charge is 0.391 e. The van der Waals surface area contributed by atoms with Gasteiger partial charge in [0.1, 0.15) is 18.0 Å². The minimum atomic E-state index is -4.09. The van der Waals surface area contributed by atoms with Crippen molar-refractivity contribution in [3.05, 3.63) is 94.0 Å². The van der Waals surface area contributed by atoms with Gasteiger partial charge < -0.3 is 15.3 Å². The van der Waals surface area contributed by atoms with Gasteiger partial charge in [-0.15, -0.1) is 0 Å². The summed E-state index contributed by atoms with van der Waals surface area (Å²) < 4.78 is 81.2. The molecule has 2 fully saturated rings. The number of hydrogen-bond acceptors (Lipinski definition) is 6. The van der Waals surface area contributed by atoms with Gasteiger partial charge in [0.15, 0.2) is 27.3 Å². The number of carbonyl (C=O) groups is 1. The molecule has 222 valence electrons. The SMILES string of the molecule is O=C(Nc1cc(F)c(F)c(F)c1)c1ccc(Cl)c(S(=O)(=O)C2C3CC[C@H]2CC(O)(/C=N/OCc2ccc(F)cc2)C3)c1. The third kappa shape index (κ3) is 6.16. The summed E-state index contributed by atoms with van der Waals surface area (Å²) in [6.45, 7) is 0.0597. The number of fused-ring (bicyclic) bond motifs is 2. The van der Waals surface area contributed by atoms with Crippen LogP contribution in [0.25, 0.3) is 0 Å². The van der Waals surface area contributed by atoms with Crippen LogP contribution in [0.15, 0.2) is 64.6 Å². The maximum atomic E-state index is 13.9. The molecule has 0 heterocycles. The number of benzene rings is 3. The van der Waals surface area contributed by atoms with Gasteiger partial charge in [0.25, 0.3) is 5.91 Å². The lowest BCUT2D eigenvalue weighted by atomic mass is 9.78. The van der Waals surface area contributed by atoms with Gasteiger partial charge in [0, 0.05) is 23.4 Å². The third-order valence-corrected chi connectivity index (χ3v) is 10.6. The number of rotatable bonds is 8. The number of hydrogen-bond donors (Lipinski definition) is 2. The molecule has 3 aromatic carbocycles. The van der Waals surface area contributed by atoms with Gasteiger partial charge in [0.2, 0.25) is 0 Å². The van der Waals surface area contributed by atoms with Gasteiger partial charge in [-0.25, -0.2) is 26.0 Å². The first-order valence-electron chi connectivity index (χ1n) is 13.0. The molecular weight excluding hydrogens is 600 g/mol. The van der Waals surface area contributed by atoms with E-state index in [0.717, 1.165) is 6.07 Å². The number of nitrogens with one attached hydrogen (secondary N) is 1. The average molecular weight is 625 g/mol. The summed E-state index contributed by atoms with van der Waals surface area (Å²) in [6.07, 6.45) is 2.57. The van der Waals surface area contributed by atoms with E-state index in [1.807, 2.05) is 0 Å². The molecule has 4 atom stereocenters. The summed E-state index contributed by atoms with van der Waals surface area (Å²) in [4.78, 5) is 17.7. The minimum Gasteiger partial charge on any atom is -0.391 e.